The first-order valence-corrected chi connectivity index (χ1v) is 8.83. The van der Waals surface area contributed by atoms with Crippen LogP contribution in [0.25, 0.3) is 0 Å². The molecule has 0 aliphatic heterocycles. The number of amides is 1. The normalized spacial score (nSPS) is 25.5. The van der Waals surface area contributed by atoms with Crippen molar-refractivity contribution in [1.82, 2.24) is 5.32 Å². The van der Waals surface area contributed by atoms with Crippen molar-refractivity contribution >= 4 is 5.91 Å². The molecule has 22 heavy (non-hydrogen) atoms. The van der Waals surface area contributed by atoms with Gasteiger partial charge in [-0.3, -0.25) is 4.79 Å². The fourth-order valence-corrected chi connectivity index (χ4v) is 3.89. The van der Waals surface area contributed by atoms with Crippen molar-refractivity contribution in [1.29, 1.82) is 0 Å². The van der Waals surface area contributed by atoms with Crippen LogP contribution in [0.4, 0.5) is 0 Å². The molecule has 0 heterocycles. The number of hydrogen-bond donors (Lipinski definition) is 2. The zero-order valence-electron chi connectivity index (χ0n) is 13.2. The lowest BCUT2D eigenvalue weighted by Gasteiger charge is -2.26. The van der Waals surface area contributed by atoms with Crippen molar-refractivity contribution in [2.24, 2.45) is 5.73 Å². The highest BCUT2D eigenvalue weighted by molar-refractivity contribution is 5.91. The minimum absolute atomic E-state index is 0.0837. The standard InChI is InChI=1S/C19H26N2O/c20-19(12-13-19)15-8-6-14(7-9-15)18(10-11-18)17(22)21-16-4-2-1-3-5-16/h6-9,16H,1-5,10-13,20H2,(H,21,22). The third kappa shape index (κ3) is 2.45. The molecule has 0 atom stereocenters. The number of nitrogens with one attached hydrogen (secondary N) is 1. The quantitative estimate of drug-likeness (QED) is 0.897. The largest absolute Gasteiger partial charge is 0.353 e. The van der Waals surface area contributed by atoms with Gasteiger partial charge in [0, 0.05) is 11.6 Å². The van der Waals surface area contributed by atoms with Crippen molar-refractivity contribution in [3.8, 4) is 0 Å². The van der Waals surface area contributed by atoms with Crippen molar-refractivity contribution in [2.75, 3.05) is 0 Å². The van der Waals surface area contributed by atoms with E-state index < -0.39 is 0 Å². The molecule has 0 bridgehead atoms. The van der Waals surface area contributed by atoms with Crippen LogP contribution in [0.15, 0.2) is 24.3 Å². The van der Waals surface area contributed by atoms with Crippen molar-refractivity contribution < 1.29 is 4.79 Å². The molecule has 0 aromatic heterocycles. The summed E-state index contributed by atoms with van der Waals surface area (Å²) >= 11 is 0. The minimum Gasteiger partial charge on any atom is -0.353 e. The molecule has 3 heteroatoms. The molecule has 0 spiro atoms. The molecule has 3 aliphatic carbocycles. The minimum atomic E-state index is -0.249. The van der Waals surface area contributed by atoms with Crippen LogP contribution >= 0.6 is 0 Å². The Morgan fingerprint density at radius 2 is 1.55 bits per heavy atom. The van der Waals surface area contributed by atoms with Gasteiger partial charge >= 0.3 is 0 Å². The van der Waals surface area contributed by atoms with E-state index in [0.717, 1.165) is 38.5 Å². The molecular formula is C19H26N2O. The van der Waals surface area contributed by atoms with Gasteiger partial charge in [0.1, 0.15) is 0 Å². The monoisotopic (exact) mass is 298 g/mol. The summed E-state index contributed by atoms with van der Waals surface area (Å²) in [4.78, 5) is 12.8. The van der Waals surface area contributed by atoms with Crippen LogP contribution in [0, 0.1) is 0 Å². The topological polar surface area (TPSA) is 55.1 Å². The summed E-state index contributed by atoms with van der Waals surface area (Å²) in [5, 5.41) is 3.31. The molecule has 0 unspecified atom stereocenters. The summed E-state index contributed by atoms with van der Waals surface area (Å²) in [6, 6.07) is 8.94. The highest BCUT2D eigenvalue weighted by Crippen LogP contribution is 2.50. The fourth-order valence-electron chi connectivity index (χ4n) is 3.89. The van der Waals surface area contributed by atoms with E-state index in [4.69, 9.17) is 5.73 Å². The summed E-state index contributed by atoms with van der Waals surface area (Å²) in [7, 11) is 0. The third-order valence-corrected chi connectivity index (χ3v) is 5.93. The maximum absolute atomic E-state index is 12.8. The number of carbonyl (C=O) groups is 1. The molecule has 3 fully saturated rings. The highest BCUT2D eigenvalue weighted by Gasteiger charge is 2.51. The summed E-state index contributed by atoms with van der Waals surface area (Å²) in [5.74, 6) is 0.251. The summed E-state index contributed by atoms with van der Waals surface area (Å²) < 4.78 is 0. The Labute approximate surface area is 132 Å². The molecule has 1 aromatic carbocycles. The second-order valence-corrected chi connectivity index (χ2v) is 7.62. The van der Waals surface area contributed by atoms with Gasteiger partial charge in [-0.25, -0.2) is 0 Å². The average molecular weight is 298 g/mol. The molecule has 0 radical (unpaired) electrons. The number of carbonyl (C=O) groups excluding carboxylic acids is 1. The maximum atomic E-state index is 12.8. The van der Waals surface area contributed by atoms with Gasteiger partial charge in [0.2, 0.25) is 5.91 Å². The van der Waals surface area contributed by atoms with Gasteiger partial charge in [0.25, 0.3) is 0 Å². The first-order valence-electron chi connectivity index (χ1n) is 8.83. The number of nitrogens with two attached hydrogens (primary N) is 1. The van der Waals surface area contributed by atoms with Gasteiger partial charge in [-0.1, -0.05) is 43.5 Å². The lowest BCUT2D eigenvalue weighted by atomic mass is 9.90. The van der Waals surface area contributed by atoms with Crippen LogP contribution in [-0.4, -0.2) is 11.9 Å². The van der Waals surface area contributed by atoms with Gasteiger partial charge < -0.3 is 11.1 Å². The summed E-state index contributed by atoms with van der Waals surface area (Å²) in [5.41, 5.74) is 8.31. The van der Waals surface area contributed by atoms with E-state index in [2.05, 4.69) is 29.6 Å². The maximum Gasteiger partial charge on any atom is 0.230 e. The van der Waals surface area contributed by atoms with Gasteiger partial charge in [0.05, 0.1) is 5.41 Å². The lowest BCUT2D eigenvalue weighted by Crippen LogP contribution is -2.42. The van der Waals surface area contributed by atoms with E-state index >= 15 is 0 Å². The van der Waals surface area contributed by atoms with E-state index in [1.807, 2.05) is 0 Å². The first-order chi connectivity index (χ1) is 10.6. The van der Waals surface area contributed by atoms with Gasteiger partial charge in [0.15, 0.2) is 0 Å². The predicted molar refractivity (Wildman–Crippen MR) is 87.5 cm³/mol. The number of rotatable bonds is 4. The van der Waals surface area contributed by atoms with E-state index in [-0.39, 0.29) is 16.9 Å². The van der Waals surface area contributed by atoms with Crippen LogP contribution in [0.5, 0.6) is 0 Å². The Bertz CT molecular complexity index is 564. The molecule has 4 rings (SSSR count). The first kappa shape index (κ1) is 14.3. The zero-order chi connectivity index (χ0) is 15.2. The highest BCUT2D eigenvalue weighted by atomic mass is 16.2. The van der Waals surface area contributed by atoms with Crippen LogP contribution < -0.4 is 11.1 Å². The molecule has 1 amide bonds. The number of hydrogen-bond acceptors (Lipinski definition) is 2. The van der Waals surface area contributed by atoms with Crippen LogP contribution in [-0.2, 0) is 15.7 Å². The smallest absolute Gasteiger partial charge is 0.230 e. The van der Waals surface area contributed by atoms with Gasteiger partial charge in [-0.2, -0.15) is 0 Å². The summed E-state index contributed by atoms with van der Waals surface area (Å²) in [6.45, 7) is 0. The van der Waals surface area contributed by atoms with E-state index in [9.17, 15) is 4.79 Å². The van der Waals surface area contributed by atoms with Crippen molar-refractivity contribution in [3.63, 3.8) is 0 Å². The third-order valence-electron chi connectivity index (χ3n) is 5.93. The molecule has 1 aromatic rings. The second-order valence-electron chi connectivity index (χ2n) is 7.62. The Morgan fingerprint density at radius 1 is 0.955 bits per heavy atom. The molecule has 3 saturated carbocycles. The Kier molecular flexibility index (Phi) is 3.30. The second kappa shape index (κ2) is 5.09. The molecule has 3 N–H and O–H groups in total. The summed E-state index contributed by atoms with van der Waals surface area (Å²) in [6.07, 6.45) is 10.3. The van der Waals surface area contributed by atoms with Crippen LogP contribution in [0.3, 0.4) is 0 Å². The fraction of sp³-hybridized carbons (Fsp3) is 0.632. The van der Waals surface area contributed by atoms with Crippen LogP contribution in [0.1, 0.15) is 68.9 Å². The van der Waals surface area contributed by atoms with Gasteiger partial charge in [-0.05, 0) is 49.7 Å². The molecule has 3 aliphatic rings. The van der Waals surface area contributed by atoms with Crippen molar-refractivity contribution in [2.45, 2.75) is 74.8 Å². The average Bonchev–Trinajstić information content (AvgIpc) is 3.45. The Balaban J connectivity index is 1.47. The van der Waals surface area contributed by atoms with Crippen molar-refractivity contribution in [3.05, 3.63) is 35.4 Å². The Hall–Kier alpha value is -1.35. The zero-order valence-corrected chi connectivity index (χ0v) is 13.2. The molecule has 118 valence electrons. The van der Waals surface area contributed by atoms with E-state index in [1.54, 1.807) is 0 Å². The lowest BCUT2D eigenvalue weighted by molar-refractivity contribution is -0.124. The molecule has 0 saturated heterocycles. The van der Waals surface area contributed by atoms with Gasteiger partial charge in [-0.15, -0.1) is 0 Å². The van der Waals surface area contributed by atoms with E-state index in [0.29, 0.717) is 6.04 Å². The predicted octanol–water partition coefficient (Wildman–Crippen LogP) is 3.11. The van der Waals surface area contributed by atoms with Crippen LogP contribution in [0.2, 0.25) is 0 Å². The SMILES string of the molecule is NC1(c2ccc(C3(C(=O)NC4CCCCC4)CC3)cc2)CC1. The molecule has 3 nitrogen and oxygen atoms in total. The molecular weight excluding hydrogens is 272 g/mol. The number of benzene rings is 1. The Morgan fingerprint density at radius 3 is 2.09 bits per heavy atom. The van der Waals surface area contributed by atoms with E-state index in [1.165, 1.54) is 30.4 Å².